The molecule has 116 valence electrons. The Morgan fingerprint density at radius 2 is 1.85 bits per heavy atom. The van der Waals surface area contributed by atoms with E-state index in [9.17, 15) is 14.4 Å². The topological polar surface area (TPSA) is 95.9 Å². The zero-order valence-corrected chi connectivity index (χ0v) is 12.6. The maximum absolute atomic E-state index is 11.8. The lowest BCUT2D eigenvalue weighted by Gasteiger charge is -2.24. The van der Waals surface area contributed by atoms with Gasteiger partial charge in [0.25, 0.3) is 0 Å². The highest BCUT2D eigenvalue weighted by molar-refractivity contribution is 5.94. The Kier molecular flexibility index (Phi) is 7.83. The van der Waals surface area contributed by atoms with Gasteiger partial charge in [-0.2, -0.15) is 0 Å². The van der Waals surface area contributed by atoms with E-state index in [4.69, 9.17) is 9.84 Å². The van der Waals surface area contributed by atoms with Crippen molar-refractivity contribution in [1.82, 2.24) is 10.2 Å². The van der Waals surface area contributed by atoms with Crippen LogP contribution >= 0.6 is 0 Å². The number of likely N-dealkylation sites (N-methyl/N-ethyl adjacent to an activating group) is 1. The smallest absolute Gasteiger partial charge is 0.324 e. The summed E-state index contributed by atoms with van der Waals surface area (Å²) in [6.07, 6.45) is -0.150. The number of carbonyl (C=O) groups excluding carboxylic acids is 2. The van der Waals surface area contributed by atoms with E-state index >= 15 is 0 Å². The molecule has 0 aliphatic carbocycles. The molecule has 0 aliphatic heterocycles. The monoisotopic (exact) mass is 288 g/mol. The molecule has 0 saturated carbocycles. The number of carboxylic acids is 1. The predicted octanol–water partition coefficient (Wildman–Crippen LogP) is 1.08. The van der Waals surface area contributed by atoms with Gasteiger partial charge in [0.05, 0.1) is 13.0 Å². The number of imide groups is 1. The number of nitrogens with one attached hydrogen (secondary N) is 1. The van der Waals surface area contributed by atoms with Crippen LogP contribution in [0.1, 0.15) is 33.6 Å². The Bertz CT molecular complexity index is 355. The van der Waals surface area contributed by atoms with Crippen molar-refractivity contribution in [2.75, 3.05) is 26.8 Å². The SMILES string of the molecule is CCN(CCOC)C(=O)NC(=O)CC(C)(C)CC(=O)O. The third-order valence-corrected chi connectivity index (χ3v) is 2.75. The number of ether oxygens (including phenoxy) is 1. The summed E-state index contributed by atoms with van der Waals surface area (Å²) in [6.45, 7) is 6.39. The molecule has 0 aromatic heterocycles. The summed E-state index contributed by atoms with van der Waals surface area (Å²) >= 11 is 0. The van der Waals surface area contributed by atoms with Crippen molar-refractivity contribution in [2.24, 2.45) is 5.41 Å². The van der Waals surface area contributed by atoms with E-state index in [1.165, 1.54) is 12.0 Å². The summed E-state index contributed by atoms with van der Waals surface area (Å²) in [5.74, 6) is -1.44. The number of rotatable bonds is 8. The first kappa shape index (κ1) is 18.4. The first-order valence-electron chi connectivity index (χ1n) is 6.51. The molecular weight excluding hydrogens is 264 g/mol. The predicted molar refractivity (Wildman–Crippen MR) is 73.3 cm³/mol. The van der Waals surface area contributed by atoms with Gasteiger partial charge in [-0.15, -0.1) is 0 Å². The van der Waals surface area contributed by atoms with E-state index < -0.39 is 23.3 Å². The zero-order valence-electron chi connectivity index (χ0n) is 12.6. The lowest BCUT2D eigenvalue weighted by molar-refractivity contribution is -0.139. The number of carboxylic acid groups (broad SMARTS) is 1. The summed E-state index contributed by atoms with van der Waals surface area (Å²) in [5.41, 5.74) is -0.695. The Morgan fingerprint density at radius 3 is 2.30 bits per heavy atom. The number of hydrogen-bond acceptors (Lipinski definition) is 4. The molecular formula is C13H24N2O5. The van der Waals surface area contributed by atoms with Crippen LogP contribution in [0.5, 0.6) is 0 Å². The molecule has 2 N–H and O–H groups in total. The van der Waals surface area contributed by atoms with Gasteiger partial charge in [-0.25, -0.2) is 4.79 Å². The van der Waals surface area contributed by atoms with Crippen LogP contribution in [-0.2, 0) is 14.3 Å². The number of aliphatic carboxylic acids is 1. The number of amides is 3. The van der Waals surface area contributed by atoms with E-state index in [1.807, 2.05) is 0 Å². The van der Waals surface area contributed by atoms with Crippen molar-refractivity contribution < 1.29 is 24.2 Å². The molecule has 0 unspecified atom stereocenters. The molecule has 0 aliphatic rings. The lowest BCUT2D eigenvalue weighted by Crippen LogP contribution is -2.45. The fourth-order valence-corrected chi connectivity index (χ4v) is 1.75. The molecule has 0 atom stereocenters. The summed E-state index contributed by atoms with van der Waals surface area (Å²) in [6, 6.07) is -0.485. The van der Waals surface area contributed by atoms with Crippen LogP contribution in [0.3, 0.4) is 0 Å². The van der Waals surface area contributed by atoms with Crippen LogP contribution in [0.15, 0.2) is 0 Å². The van der Waals surface area contributed by atoms with E-state index in [-0.39, 0.29) is 12.8 Å². The van der Waals surface area contributed by atoms with Crippen molar-refractivity contribution in [3.05, 3.63) is 0 Å². The molecule has 0 rings (SSSR count). The summed E-state index contributed by atoms with van der Waals surface area (Å²) in [4.78, 5) is 35.7. The standard InChI is InChI=1S/C13H24N2O5/c1-5-15(6-7-20-4)12(19)14-10(16)8-13(2,3)9-11(17)18/h5-9H2,1-4H3,(H,17,18)(H,14,16,19). The first-order chi connectivity index (χ1) is 9.21. The summed E-state index contributed by atoms with van der Waals surface area (Å²) in [7, 11) is 1.53. The quantitative estimate of drug-likeness (QED) is 0.697. The van der Waals surface area contributed by atoms with E-state index in [0.717, 1.165) is 0 Å². The van der Waals surface area contributed by atoms with Crippen molar-refractivity contribution in [3.63, 3.8) is 0 Å². The molecule has 3 amide bonds. The average Bonchev–Trinajstić information content (AvgIpc) is 2.26. The highest BCUT2D eigenvalue weighted by Crippen LogP contribution is 2.24. The van der Waals surface area contributed by atoms with E-state index in [2.05, 4.69) is 5.32 Å². The van der Waals surface area contributed by atoms with Crippen molar-refractivity contribution in [2.45, 2.75) is 33.6 Å². The van der Waals surface area contributed by atoms with Gasteiger partial charge < -0.3 is 14.7 Å². The largest absolute Gasteiger partial charge is 0.481 e. The second-order valence-electron chi connectivity index (χ2n) is 5.34. The second kappa shape index (κ2) is 8.52. The van der Waals surface area contributed by atoms with E-state index in [0.29, 0.717) is 19.7 Å². The fourth-order valence-electron chi connectivity index (χ4n) is 1.75. The number of nitrogens with zero attached hydrogens (tertiary/aromatic N) is 1. The number of methoxy groups -OCH3 is 1. The fraction of sp³-hybridized carbons (Fsp3) is 0.769. The van der Waals surface area contributed by atoms with Gasteiger partial charge in [-0.3, -0.25) is 14.9 Å². The molecule has 0 aromatic rings. The Hall–Kier alpha value is -1.63. The molecule has 0 spiro atoms. The Morgan fingerprint density at radius 1 is 1.25 bits per heavy atom. The molecule has 7 heteroatoms. The van der Waals surface area contributed by atoms with Gasteiger partial charge in [0.15, 0.2) is 0 Å². The molecule has 0 saturated heterocycles. The van der Waals surface area contributed by atoms with Gasteiger partial charge >= 0.3 is 12.0 Å². The maximum Gasteiger partial charge on any atom is 0.324 e. The average molecular weight is 288 g/mol. The molecule has 0 bridgehead atoms. The normalized spacial score (nSPS) is 11.0. The third kappa shape index (κ3) is 7.73. The third-order valence-electron chi connectivity index (χ3n) is 2.75. The second-order valence-corrected chi connectivity index (χ2v) is 5.34. The summed E-state index contributed by atoms with van der Waals surface area (Å²) < 4.78 is 4.88. The van der Waals surface area contributed by atoms with Gasteiger partial charge in [0.1, 0.15) is 0 Å². The molecule has 0 radical (unpaired) electrons. The minimum Gasteiger partial charge on any atom is -0.481 e. The van der Waals surface area contributed by atoms with Crippen LogP contribution in [0.4, 0.5) is 4.79 Å². The van der Waals surface area contributed by atoms with Crippen LogP contribution < -0.4 is 5.32 Å². The highest BCUT2D eigenvalue weighted by Gasteiger charge is 2.26. The molecule has 0 aromatic carbocycles. The van der Waals surface area contributed by atoms with Crippen molar-refractivity contribution in [1.29, 1.82) is 0 Å². The minimum atomic E-state index is -0.968. The molecule has 20 heavy (non-hydrogen) atoms. The van der Waals surface area contributed by atoms with Gasteiger partial charge in [0.2, 0.25) is 5.91 Å². The van der Waals surface area contributed by atoms with Gasteiger partial charge in [-0.05, 0) is 12.3 Å². The minimum absolute atomic E-state index is 0.0210. The number of carbonyl (C=O) groups is 3. The first-order valence-corrected chi connectivity index (χ1v) is 6.51. The maximum atomic E-state index is 11.8. The van der Waals surface area contributed by atoms with Crippen molar-refractivity contribution in [3.8, 4) is 0 Å². The lowest BCUT2D eigenvalue weighted by atomic mass is 9.85. The van der Waals surface area contributed by atoms with Gasteiger partial charge in [0, 0.05) is 26.6 Å². The summed E-state index contributed by atoms with van der Waals surface area (Å²) in [5, 5.41) is 11.0. The van der Waals surface area contributed by atoms with Crippen LogP contribution in [0, 0.1) is 5.41 Å². The Labute approximate surface area is 119 Å². The van der Waals surface area contributed by atoms with Crippen LogP contribution in [-0.4, -0.2) is 54.7 Å². The van der Waals surface area contributed by atoms with E-state index in [1.54, 1.807) is 20.8 Å². The molecule has 0 heterocycles. The number of hydrogen-bond donors (Lipinski definition) is 2. The van der Waals surface area contributed by atoms with Crippen LogP contribution in [0.25, 0.3) is 0 Å². The zero-order chi connectivity index (χ0) is 15.8. The van der Waals surface area contributed by atoms with Crippen LogP contribution in [0.2, 0.25) is 0 Å². The van der Waals surface area contributed by atoms with Gasteiger partial charge in [-0.1, -0.05) is 13.8 Å². The number of urea groups is 1. The highest BCUT2D eigenvalue weighted by atomic mass is 16.5. The molecule has 7 nitrogen and oxygen atoms in total. The van der Waals surface area contributed by atoms with Crippen molar-refractivity contribution >= 4 is 17.9 Å². The Balaban J connectivity index is 4.37. The molecule has 0 fully saturated rings.